The van der Waals surface area contributed by atoms with E-state index in [1.165, 1.54) is 18.0 Å². The van der Waals surface area contributed by atoms with Crippen LogP contribution in [0.15, 0.2) is 51.5 Å². The van der Waals surface area contributed by atoms with Gasteiger partial charge in [-0.3, -0.25) is 4.79 Å². The molecule has 0 spiro atoms. The Morgan fingerprint density at radius 3 is 2.20 bits per heavy atom. The molecule has 0 aliphatic carbocycles. The fourth-order valence-corrected chi connectivity index (χ4v) is 5.31. The largest absolute Gasteiger partial charge is 0.379 e. The van der Waals surface area contributed by atoms with E-state index in [0.717, 1.165) is 5.56 Å². The van der Waals surface area contributed by atoms with Gasteiger partial charge in [0.1, 0.15) is 10.6 Å². The third-order valence-electron chi connectivity index (χ3n) is 4.42. The summed E-state index contributed by atoms with van der Waals surface area (Å²) < 4.78 is 30.2. The lowest BCUT2D eigenvalue weighted by Gasteiger charge is -2.13. The molecule has 2 aromatic carbocycles. The van der Waals surface area contributed by atoms with Crippen molar-refractivity contribution in [2.45, 2.75) is 44.3 Å². The second kappa shape index (κ2) is 8.23. The van der Waals surface area contributed by atoms with Gasteiger partial charge in [0.05, 0.1) is 11.0 Å². The third-order valence-corrected chi connectivity index (χ3v) is 7.04. The van der Waals surface area contributed by atoms with Crippen LogP contribution in [0.25, 0.3) is 0 Å². The van der Waals surface area contributed by atoms with Gasteiger partial charge in [-0.1, -0.05) is 29.5 Å². The van der Waals surface area contributed by atoms with E-state index in [0.29, 0.717) is 21.9 Å². The Morgan fingerprint density at radius 2 is 1.67 bits per heavy atom. The van der Waals surface area contributed by atoms with Gasteiger partial charge in [-0.25, -0.2) is 0 Å². The molecule has 158 valence electrons. The summed E-state index contributed by atoms with van der Waals surface area (Å²) in [6.45, 7) is 9.05. The van der Waals surface area contributed by atoms with Crippen molar-refractivity contribution in [3.05, 3.63) is 58.7 Å². The molecule has 1 heterocycles. The Labute approximate surface area is 180 Å². The molecular formula is C21H23N3O4S2. The minimum absolute atomic E-state index is 0.108. The van der Waals surface area contributed by atoms with E-state index in [-0.39, 0.29) is 16.6 Å². The molecule has 0 radical (unpaired) electrons. The first kappa shape index (κ1) is 22.0. The van der Waals surface area contributed by atoms with Crippen molar-refractivity contribution < 1.29 is 17.4 Å². The number of benzene rings is 2. The van der Waals surface area contributed by atoms with Crippen molar-refractivity contribution in [3.8, 4) is 5.75 Å². The van der Waals surface area contributed by atoms with Crippen LogP contribution in [-0.4, -0.2) is 30.5 Å². The molecule has 0 unspecified atom stereocenters. The predicted octanol–water partition coefficient (Wildman–Crippen LogP) is 3.71. The number of amidine groups is 1. The van der Waals surface area contributed by atoms with Gasteiger partial charge in [-0.2, -0.15) is 13.5 Å². The Kier molecular flexibility index (Phi) is 6.05. The number of rotatable bonds is 5. The van der Waals surface area contributed by atoms with Gasteiger partial charge in [0.15, 0.2) is 5.17 Å². The van der Waals surface area contributed by atoms with E-state index in [9.17, 15) is 13.2 Å². The zero-order chi connectivity index (χ0) is 22.1. The maximum absolute atomic E-state index is 12.7. The van der Waals surface area contributed by atoms with Crippen molar-refractivity contribution in [2.75, 3.05) is 0 Å². The van der Waals surface area contributed by atoms with E-state index < -0.39 is 14.9 Å². The quantitative estimate of drug-likeness (QED) is 0.430. The molecule has 0 saturated carbocycles. The molecule has 7 nitrogen and oxygen atoms in total. The first-order chi connectivity index (χ1) is 14.0. The lowest BCUT2D eigenvalue weighted by molar-refractivity contribution is -0.120. The molecule has 0 bridgehead atoms. The number of carbonyl (C=O) groups is 1. The number of carbonyl (C=O) groups excluding carboxylic acids is 1. The van der Waals surface area contributed by atoms with Crippen LogP contribution < -0.4 is 9.50 Å². The zero-order valence-electron chi connectivity index (χ0n) is 17.4. The van der Waals surface area contributed by atoms with Crippen molar-refractivity contribution in [3.63, 3.8) is 0 Å². The highest BCUT2D eigenvalue weighted by Gasteiger charge is 2.38. The van der Waals surface area contributed by atoms with E-state index in [4.69, 9.17) is 4.18 Å². The number of hydrogen-bond donors (Lipinski definition) is 1. The molecule has 30 heavy (non-hydrogen) atoms. The van der Waals surface area contributed by atoms with Gasteiger partial charge >= 0.3 is 10.1 Å². The molecule has 1 aliphatic heterocycles. The zero-order valence-corrected chi connectivity index (χ0v) is 19.0. The number of nitrogens with one attached hydrogen (secondary N) is 1. The summed E-state index contributed by atoms with van der Waals surface area (Å²) >= 11 is 1.31. The first-order valence-corrected chi connectivity index (χ1v) is 11.4. The standard InChI is InChI=1S/C21H23N3O4S2/c1-13-10-14(2)18(15(3)11-13)30(26,27)28-17-8-6-16(7-9-17)12-22-24-20-23-19(25)21(4,5)29-20/h6-12H,1-5H3,(H,23,24,25)/b22-12+. The Balaban J connectivity index is 1.71. The normalized spacial score (nSPS) is 17.5. The lowest BCUT2D eigenvalue weighted by Crippen LogP contribution is -2.30. The number of amides is 1. The molecule has 2 aromatic rings. The number of aryl methyl sites for hydroxylation is 3. The highest BCUT2D eigenvalue weighted by Crippen LogP contribution is 2.30. The SMILES string of the molecule is Cc1cc(C)c(S(=O)(=O)Oc2ccc(/C=N/N=C3\NC(=O)C(C)(C)S3)cc2)c(C)c1. The number of hydrogen-bond acceptors (Lipinski definition) is 7. The smallest absolute Gasteiger partial charge is 0.339 e. The van der Waals surface area contributed by atoms with Crippen LogP contribution in [0.5, 0.6) is 5.75 Å². The molecule has 9 heteroatoms. The molecule has 1 amide bonds. The molecule has 3 rings (SSSR count). The predicted molar refractivity (Wildman–Crippen MR) is 120 cm³/mol. The summed E-state index contributed by atoms with van der Waals surface area (Å²) in [6.07, 6.45) is 1.51. The molecule has 1 saturated heterocycles. The van der Waals surface area contributed by atoms with E-state index in [1.807, 2.05) is 32.9 Å². The Morgan fingerprint density at radius 1 is 1.07 bits per heavy atom. The van der Waals surface area contributed by atoms with Gasteiger partial charge in [0.2, 0.25) is 5.91 Å². The molecule has 0 atom stereocenters. The van der Waals surface area contributed by atoms with Crippen LogP contribution in [0, 0.1) is 20.8 Å². The van der Waals surface area contributed by atoms with Crippen LogP contribution in [0.1, 0.15) is 36.1 Å². The second-order valence-electron chi connectivity index (χ2n) is 7.55. The molecule has 1 aliphatic rings. The third kappa shape index (κ3) is 4.91. The topological polar surface area (TPSA) is 97.2 Å². The van der Waals surface area contributed by atoms with E-state index in [1.54, 1.807) is 38.1 Å². The lowest BCUT2D eigenvalue weighted by atomic mass is 10.1. The van der Waals surface area contributed by atoms with E-state index in [2.05, 4.69) is 15.5 Å². The van der Waals surface area contributed by atoms with Gasteiger partial charge in [-0.05, 0) is 75.6 Å². The summed E-state index contributed by atoms with van der Waals surface area (Å²) in [4.78, 5) is 11.9. The first-order valence-electron chi connectivity index (χ1n) is 9.22. The van der Waals surface area contributed by atoms with Crippen molar-refractivity contribution in [1.29, 1.82) is 0 Å². The number of thioether (sulfide) groups is 1. The fourth-order valence-electron chi connectivity index (χ4n) is 3.09. The fraction of sp³-hybridized carbons (Fsp3) is 0.286. The van der Waals surface area contributed by atoms with Gasteiger partial charge in [0, 0.05) is 0 Å². The monoisotopic (exact) mass is 445 g/mol. The average molecular weight is 446 g/mol. The minimum Gasteiger partial charge on any atom is -0.379 e. The molecule has 1 N–H and O–H groups in total. The summed E-state index contributed by atoms with van der Waals surface area (Å²) in [5, 5.41) is 11.1. The second-order valence-corrected chi connectivity index (χ2v) is 10.6. The van der Waals surface area contributed by atoms with Gasteiger partial charge in [-0.15, -0.1) is 5.10 Å². The van der Waals surface area contributed by atoms with Crippen molar-refractivity contribution in [1.82, 2.24) is 5.32 Å². The Bertz CT molecular complexity index is 1130. The average Bonchev–Trinajstić information content (AvgIpc) is 2.87. The van der Waals surface area contributed by atoms with Crippen LogP contribution in [-0.2, 0) is 14.9 Å². The summed E-state index contributed by atoms with van der Waals surface area (Å²) in [6, 6.07) is 10.1. The molecule has 1 fully saturated rings. The minimum atomic E-state index is -3.95. The van der Waals surface area contributed by atoms with Crippen LogP contribution in [0.2, 0.25) is 0 Å². The highest BCUT2D eigenvalue weighted by atomic mass is 32.2. The summed E-state index contributed by atoms with van der Waals surface area (Å²) in [7, 11) is -3.95. The van der Waals surface area contributed by atoms with Crippen LogP contribution in [0.4, 0.5) is 0 Å². The Hall–Kier alpha value is -2.65. The van der Waals surface area contributed by atoms with Gasteiger partial charge < -0.3 is 9.50 Å². The molecular weight excluding hydrogens is 422 g/mol. The molecule has 0 aromatic heterocycles. The maximum atomic E-state index is 12.7. The van der Waals surface area contributed by atoms with Gasteiger partial charge in [0.25, 0.3) is 0 Å². The summed E-state index contributed by atoms with van der Waals surface area (Å²) in [5.41, 5.74) is 3.00. The van der Waals surface area contributed by atoms with Crippen molar-refractivity contribution in [2.24, 2.45) is 10.2 Å². The van der Waals surface area contributed by atoms with Crippen LogP contribution >= 0.6 is 11.8 Å². The highest BCUT2D eigenvalue weighted by molar-refractivity contribution is 8.16. The van der Waals surface area contributed by atoms with E-state index >= 15 is 0 Å². The van der Waals surface area contributed by atoms with Crippen LogP contribution in [0.3, 0.4) is 0 Å². The van der Waals surface area contributed by atoms with Crippen molar-refractivity contribution >= 4 is 39.2 Å². The number of nitrogens with zero attached hydrogens (tertiary/aromatic N) is 2. The summed E-state index contributed by atoms with van der Waals surface area (Å²) in [5.74, 6) is 0.0985. The maximum Gasteiger partial charge on any atom is 0.339 e.